The van der Waals surface area contributed by atoms with E-state index < -0.39 is 11.8 Å². The molecule has 1 atom stereocenters. The van der Waals surface area contributed by atoms with Gasteiger partial charge in [0.15, 0.2) is 11.6 Å². The molecule has 0 spiro atoms. The Bertz CT molecular complexity index is 578. The minimum absolute atomic E-state index is 0.178. The summed E-state index contributed by atoms with van der Waals surface area (Å²) in [5.74, 6) is -1.22. The van der Waals surface area contributed by atoms with Gasteiger partial charge in [0.05, 0.1) is 5.56 Å². The molecule has 0 aliphatic heterocycles. The van der Waals surface area contributed by atoms with Gasteiger partial charge in [-0.2, -0.15) is 0 Å². The molecule has 0 bridgehead atoms. The zero-order valence-corrected chi connectivity index (χ0v) is 10.3. The number of benzene rings is 2. The quantitative estimate of drug-likeness (QED) is 0.912. The van der Waals surface area contributed by atoms with E-state index in [4.69, 9.17) is 9.84 Å². The van der Waals surface area contributed by atoms with Gasteiger partial charge in [-0.05, 0) is 36.8 Å². The van der Waals surface area contributed by atoms with Crippen LogP contribution in [0.15, 0.2) is 48.5 Å². The third kappa shape index (κ3) is 3.10. The number of ether oxygens (including phenoxy) is 1. The number of hydrogen-bond donors (Lipinski definition) is 1. The molecule has 3 nitrogen and oxygen atoms in total. The van der Waals surface area contributed by atoms with Crippen molar-refractivity contribution in [2.45, 2.75) is 13.0 Å². The molecule has 1 unspecified atom stereocenters. The van der Waals surface area contributed by atoms with Crippen LogP contribution in [0.25, 0.3) is 0 Å². The van der Waals surface area contributed by atoms with Crippen LogP contribution < -0.4 is 4.74 Å². The Labute approximate surface area is 110 Å². The smallest absolute Gasteiger partial charge is 0.335 e. The minimum Gasteiger partial charge on any atom is -0.483 e. The molecule has 1 N–H and O–H groups in total. The van der Waals surface area contributed by atoms with Gasteiger partial charge in [-0.15, -0.1) is 0 Å². The van der Waals surface area contributed by atoms with E-state index in [9.17, 15) is 9.18 Å². The highest BCUT2D eigenvalue weighted by Gasteiger charge is 2.11. The van der Waals surface area contributed by atoms with Gasteiger partial charge in [-0.25, -0.2) is 9.18 Å². The number of carboxylic acids is 1. The maximum atomic E-state index is 13.4. The van der Waals surface area contributed by atoms with Crippen LogP contribution in [0.2, 0.25) is 0 Å². The van der Waals surface area contributed by atoms with E-state index in [0.717, 1.165) is 5.56 Å². The molecule has 2 aromatic carbocycles. The second kappa shape index (κ2) is 5.52. The lowest BCUT2D eigenvalue weighted by Gasteiger charge is -2.15. The molecule has 2 rings (SSSR count). The Morgan fingerprint density at radius 2 is 1.79 bits per heavy atom. The summed E-state index contributed by atoms with van der Waals surface area (Å²) in [6, 6.07) is 12.5. The van der Waals surface area contributed by atoms with Crippen molar-refractivity contribution in [2.75, 3.05) is 0 Å². The number of halogens is 1. The van der Waals surface area contributed by atoms with E-state index >= 15 is 0 Å². The lowest BCUT2D eigenvalue weighted by atomic mass is 10.1. The minimum atomic E-state index is -0.978. The summed E-state index contributed by atoms with van der Waals surface area (Å²) >= 11 is 0. The van der Waals surface area contributed by atoms with Crippen LogP contribution in [0, 0.1) is 5.82 Å². The number of aromatic carboxylic acids is 1. The maximum absolute atomic E-state index is 13.4. The van der Waals surface area contributed by atoms with Crippen LogP contribution in [-0.2, 0) is 0 Å². The summed E-state index contributed by atoms with van der Waals surface area (Å²) in [7, 11) is 0. The highest BCUT2D eigenvalue weighted by Crippen LogP contribution is 2.24. The zero-order valence-electron chi connectivity index (χ0n) is 10.3. The molecule has 2 aromatic rings. The largest absolute Gasteiger partial charge is 0.483 e. The first-order valence-electron chi connectivity index (χ1n) is 5.82. The molecule has 0 aliphatic carbocycles. The zero-order chi connectivity index (χ0) is 13.8. The fourth-order valence-electron chi connectivity index (χ4n) is 1.70. The Morgan fingerprint density at radius 3 is 2.37 bits per heavy atom. The van der Waals surface area contributed by atoms with Gasteiger partial charge >= 0.3 is 5.97 Å². The average Bonchev–Trinajstić information content (AvgIpc) is 2.41. The Kier molecular flexibility index (Phi) is 3.80. The standard InChI is InChI=1S/C15H13FO3/c1-10(19-14-5-3-2-4-13(14)16)11-6-8-12(9-7-11)15(17)18/h2-10H,1H3,(H,17,18). The molecule has 0 heterocycles. The molecule has 19 heavy (non-hydrogen) atoms. The molecular weight excluding hydrogens is 247 g/mol. The number of hydrogen-bond acceptors (Lipinski definition) is 2. The highest BCUT2D eigenvalue weighted by atomic mass is 19.1. The first kappa shape index (κ1) is 13.1. The fraction of sp³-hybridized carbons (Fsp3) is 0.133. The van der Waals surface area contributed by atoms with Crippen molar-refractivity contribution in [3.63, 3.8) is 0 Å². The van der Waals surface area contributed by atoms with Crippen molar-refractivity contribution < 1.29 is 19.0 Å². The summed E-state index contributed by atoms with van der Waals surface area (Å²) in [4.78, 5) is 10.7. The predicted molar refractivity (Wildman–Crippen MR) is 68.8 cm³/mol. The fourth-order valence-corrected chi connectivity index (χ4v) is 1.70. The van der Waals surface area contributed by atoms with Crippen LogP contribution in [0.3, 0.4) is 0 Å². The van der Waals surface area contributed by atoms with Gasteiger partial charge < -0.3 is 9.84 Å². The summed E-state index contributed by atoms with van der Waals surface area (Å²) in [6.45, 7) is 1.78. The SMILES string of the molecule is CC(Oc1ccccc1F)c1ccc(C(=O)O)cc1. The van der Waals surface area contributed by atoms with E-state index in [0.29, 0.717) is 0 Å². The topological polar surface area (TPSA) is 46.5 Å². The monoisotopic (exact) mass is 260 g/mol. The van der Waals surface area contributed by atoms with Gasteiger partial charge in [0, 0.05) is 0 Å². The summed E-state index contributed by atoms with van der Waals surface area (Å²) in [5, 5.41) is 8.81. The molecule has 0 saturated carbocycles. The number of carbonyl (C=O) groups is 1. The Balaban J connectivity index is 2.14. The first-order chi connectivity index (χ1) is 9.08. The molecule has 0 aliphatic rings. The third-order valence-electron chi connectivity index (χ3n) is 2.77. The molecule has 4 heteroatoms. The lowest BCUT2D eigenvalue weighted by Crippen LogP contribution is -2.05. The Morgan fingerprint density at radius 1 is 1.16 bits per heavy atom. The molecule has 0 saturated heterocycles. The van der Waals surface area contributed by atoms with Gasteiger partial charge in [-0.1, -0.05) is 24.3 Å². The van der Waals surface area contributed by atoms with E-state index in [1.54, 1.807) is 37.3 Å². The van der Waals surface area contributed by atoms with Crippen molar-refractivity contribution in [3.05, 3.63) is 65.5 Å². The number of para-hydroxylation sites is 1. The van der Waals surface area contributed by atoms with Gasteiger partial charge in [0.1, 0.15) is 6.10 Å². The normalized spacial score (nSPS) is 11.9. The second-order valence-electron chi connectivity index (χ2n) is 4.12. The van der Waals surface area contributed by atoms with Crippen LogP contribution in [0.1, 0.15) is 28.9 Å². The summed E-state index contributed by atoms with van der Waals surface area (Å²) in [5.41, 5.74) is 0.995. The summed E-state index contributed by atoms with van der Waals surface area (Å²) in [6.07, 6.45) is -0.361. The number of rotatable bonds is 4. The van der Waals surface area contributed by atoms with Crippen LogP contribution in [-0.4, -0.2) is 11.1 Å². The number of carboxylic acid groups (broad SMARTS) is 1. The molecule has 0 aromatic heterocycles. The van der Waals surface area contributed by atoms with Crippen LogP contribution in [0.4, 0.5) is 4.39 Å². The van der Waals surface area contributed by atoms with Gasteiger partial charge in [0.25, 0.3) is 0 Å². The maximum Gasteiger partial charge on any atom is 0.335 e. The Hall–Kier alpha value is -2.36. The summed E-state index contributed by atoms with van der Waals surface area (Å²) < 4.78 is 18.9. The van der Waals surface area contributed by atoms with Gasteiger partial charge in [0.2, 0.25) is 0 Å². The van der Waals surface area contributed by atoms with Crippen molar-refractivity contribution >= 4 is 5.97 Å². The highest BCUT2D eigenvalue weighted by molar-refractivity contribution is 5.87. The van der Waals surface area contributed by atoms with Crippen molar-refractivity contribution in [2.24, 2.45) is 0 Å². The van der Waals surface area contributed by atoms with Crippen LogP contribution in [0.5, 0.6) is 5.75 Å². The van der Waals surface area contributed by atoms with Crippen molar-refractivity contribution in [1.29, 1.82) is 0 Å². The molecule has 0 amide bonds. The van der Waals surface area contributed by atoms with E-state index in [2.05, 4.69) is 0 Å². The molecule has 98 valence electrons. The first-order valence-corrected chi connectivity index (χ1v) is 5.82. The molecule has 0 fully saturated rings. The van der Waals surface area contributed by atoms with E-state index in [1.165, 1.54) is 18.2 Å². The van der Waals surface area contributed by atoms with Crippen molar-refractivity contribution in [3.8, 4) is 5.75 Å². The second-order valence-corrected chi connectivity index (χ2v) is 4.12. The third-order valence-corrected chi connectivity index (χ3v) is 2.77. The van der Waals surface area contributed by atoms with E-state index in [-0.39, 0.29) is 17.4 Å². The van der Waals surface area contributed by atoms with Gasteiger partial charge in [-0.3, -0.25) is 0 Å². The van der Waals surface area contributed by atoms with Crippen molar-refractivity contribution in [1.82, 2.24) is 0 Å². The average molecular weight is 260 g/mol. The molecular formula is C15H13FO3. The predicted octanol–water partition coefficient (Wildman–Crippen LogP) is 3.66. The van der Waals surface area contributed by atoms with Crippen LogP contribution >= 0.6 is 0 Å². The lowest BCUT2D eigenvalue weighted by molar-refractivity contribution is 0.0696. The van der Waals surface area contributed by atoms with E-state index in [1.807, 2.05) is 0 Å². The molecule has 0 radical (unpaired) electrons.